The van der Waals surface area contributed by atoms with Crippen LogP contribution in [0.4, 0.5) is 5.82 Å². The minimum atomic E-state index is 0.0884. The number of ether oxygens (including phenoxy) is 1. The molecule has 0 spiro atoms. The van der Waals surface area contributed by atoms with Crippen molar-refractivity contribution in [3.05, 3.63) is 47.8 Å². The maximum atomic E-state index is 12.5. The Morgan fingerprint density at radius 2 is 2.04 bits per heavy atom. The van der Waals surface area contributed by atoms with Crippen molar-refractivity contribution in [2.45, 2.75) is 13.5 Å². The van der Waals surface area contributed by atoms with Gasteiger partial charge in [-0.15, -0.1) is 0 Å². The number of piperazine rings is 1. The summed E-state index contributed by atoms with van der Waals surface area (Å²) in [5.74, 6) is 1.16. The normalized spacial score (nSPS) is 15.0. The van der Waals surface area contributed by atoms with Crippen molar-refractivity contribution in [1.29, 1.82) is 0 Å². The summed E-state index contributed by atoms with van der Waals surface area (Å²) in [5, 5.41) is 0. The maximum Gasteiger partial charge on any atom is 0.257 e. The van der Waals surface area contributed by atoms with Crippen molar-refractivity contribution in [3.63, 3.8) is 0 Å². The number of hydrogen-bond acceptors (Lipinski definition) is 5. The Balaban J connectivity index is 1.69. The first-order valence-corrected chi connectivity index (χ1v) is 7.60. The monoisotopic (exact) mass is 312 g/mol. The molecule has 1 aliphatic rings. The predicted molar refractivity (Wildman–Crippen MR) is 87.4 cm³/mol. The molecule has 0 bridgehead atoms. The van der Waals surface area contributed by atoms with Crippen molar-refractivity contribution < 1.29 is 9.53 Å². The van der Waals surface area contributed by atoms with E-state index in [0.29, 0.717) is 37.9 Å². The van der Waals surface area contributed by atoms with E-state index in [1.54, 1.807) is 19.5 Å². The molecule has 6 nitrogen and oxygen atoms in total. The molecule has 6 heteroatoms. The molecule has 0 radical (unpaired) electrons. The number of benzene rings is 1. The van der Waals surface area contributed by atoms with Gasteiger partial charge in [-0.05, 0) is 12.5 Å². The molecule has 0 saturated carbocycles. The van der Waals surface area contributed by atoms with E-state index in [2.05, 4.69) is 35.1 Å². The molecule has 1 aliphatic heterocycles. The summed E-state index contributed by atoms with van der Waals surface area (Å²) in [7, 11) is 1.56. The van der Waals surface area contributed by atoms with Crippen LogP contribution in [0, 0.1) is 6.92 Å². The molecule has 1 aromatic carbocycles. The first kappa shape index (κ1) is 15.3. The Kier molecular flexibility index (Phi) is 4.41. The number of methoxy groups -OCH3 is 1. The summed E-state index contributed by atoms with van der Waals surface area (Å²) < 4.78 is 5.23. The number of hydrogen-bond donors (Lipinski definition) is 0. The minimum absolute atomic E-state index is 0.0884. The SMILES string of the molecule is COc1nccnc1N1CCN(Cc2cccc(C)c2)C(=O)C1. The van der Waals surface area contributed by atoms with Gasteiger partial charge >= 0.3 is 0 Å². The van der Waals surface area contributed by atoms with E-state index < -0.39 is 0 Å². The first-order chi connectivity index (χ1) is 11.2. The molecule has 1 aromatic heterocycles. The molecule has 0 aliphatic carbocycles. The molecule has 2 aromatic rings. The topological polar surface area (TPSA) is 58.6 Å². The largest absolute Gasteiger partial charge is 0.478 e. The number of amides is 1. The smallest absolute Gasteiger partial charge is 0.257 e. The van der Waals surface area contributed by atoms with Crippen molar-refractivity contribution in [2.75, 3.05) is 31.6 Å². The summed E-state index contributed by atoms with van der Waals surface area (Å²) in [5.41, 5.74) is 2.36. The second-order valence-corrected chi connectivity index (χ2v) is 5.62. The highest BCUT2D eigenvalue weighted by Crippen LogP contribution is 2.23. The third-order valence-electron chi connectivity index (χ3n) is 3.91. The quantitative estimate of drug-likeness (QED) is 0.859. The third kappa shape index (κ3) is 3.41. The first-order valence-electron chi connectivity index (χ1n) is 7.60. The number of rotatable bonds is 4. The predicted octanol–water partition coefficient (Wildman–Crippen LogP) is 1.64. The molecule has 23 heavy (non-hydrogen) atoms. The molecule has 2 heterocycles. The van der Waals surface area contributed by atoms with Crippen LogP contribution in [0.1, 0.15) is 11.1 Å². The van der Waals surface area contributed by atoms with Crippen LogP contribution in [0.25, 0.3) is 0 Å². The lowest BCUT2D eigenvalue weighted by Gasteiger charge is -2.35. The zero-order chi connectivity index (χ0) is 16.2. The van der Waals surface area contributed by atoms with Gasteiger partial charge in [0.1, 0.15) is 0 Å². The average Bonchev–Trinajstić information content (AvgIpc) is 2.57. The van der Waals surface area contributed by atoms with E-state index in [0.717, 1.165) is 5.56 Å². The fourth-order valence-corrected chi connectivity index (χ4v) is 2.77. The molecule has 1 amide bonds. The Bertz CT molecular complexity index is 704. The van der Waals surface area contributed by atoms with Crippen LogP contribution in [-0.4, -0.2) is 47.5 Å². The maximum absolute atomic E-state index is 12.5. The van der Waals surface area contributed by atoms with E-state index in [1.807, 2.05) is 15.9 Å². The van der Waals surface area contributed by atoms with Crippen LogP contribution in [-0.2, 0) is 11.3 Å². The van der Waals surface area contributed by atoms with Crippen LogP contribution in [0.3, 0.4) is 0 Å². The number of nitrogens with zero attached hydrogens (tertiary/aromatic N) is 4. The van der Waals surface area contributed by atoms with Gasteiger partial charge in [0.25, 0.3) is 5.88 Å². The van der Waals surface area contributed by atoms with Crippen molar-refractivity contribution in [2.24, 2.45) is 0 Å². The summed E-state index contributed by atoms with van der Waals surface area (Å²) in [6.07, 6.45) is 3.19. The number of anilines is 1. The van der Waals surface area contributed by atoms with Crippen LogP contribution >= 0.6 is 0 Å². The summed E-state index contributed by atoms with van der Waals surface area (Å²) >= 11 is 0. The number of aromatic nitrogens is 2. The summed E-state index contributed by atoms with van der Waals surface area (Å²) in [6.45, 7) is 4.37. The highest BCUT2D eigenvalue weighted by atomic mass is 16.5. The molecule has 120 valence electrons. The molecular formula is C17H20N4O2. The second-order valence-electron chi connectivity index (χ2n) is 5.62. The van der Waals surface area contributed by atoms with Gasteiger partial charge in [-0.2, -0.15) is 0 Å². The molecule has 0 atom stereocenters. The van der Waals surface area contributed by atoms with Gasteiger partial charge in [0.2, 0.25) is 5.91 Å². The molecular weight excluding hydrogens is 292 g/mol. The van der Waals surface area contributed by atoms with Crippen molar-refractivity contribution in [1.82, 2.24) is 14.9 Å². The number of carbonyl (C=O) groups excluding carboxylic acids is 1. The van der Waals surface area contributed by atoms with Crippen LogP contribution in [0.15, 0.2) is 36.7 Å². The lowest BCUT2D eigenvalue weighted by Crippen LogP contribution is -2.50. The third-order valence-corrected chi connectivity index (χ3v) is 3.91. The van der Waals surface area contributed by atoms with Crippen molar-refractivity contribution >= 4 is 11.7 Å². The van der Waals surface area contributed by atoms with Gasteiger partial charge in [-0.1, -0.05) is 29.8 Å². The average molecular weight is 312 g/mol. The fourth-order valence-electron chi connectivity index (χ4n) is 2.77. The zero-order valence-electron chi connectivity index (χ0n) is 13.4. The Hall–Kier alpha value is -2.63. The van der Waals surface area contributed by atoms with E-state index in [1.165, 1.54) is 5.56 Å². The van der Waals surface area contributed by atoms with Crippen LogP contribution in [0.5, 0.6) is 5.88 Å². The number of carbonyl (C=O) groups is 1. The summed E-state index contributed by atoms with van der Waals surface area (Å²) in [4.78, 5) is 24.7. The fraction of sp³-hybridized carbons (Fsp3) is 0.353. The summed E-state index contributed by atoms with van der Waals surface area (Å²) in [6, 6.07) is 8.25. The van der Waals surface area contributed by atoms with Gasteiger partial charge in [-0.3, -0.25) is 4.79 Å². The molecule has 1 fully saturated rings. The van der Waals surface area contributed by atoms with Gasteiger partial charge in [0, 0.05) is 32.0 Å². The van der Waals surface area contributed by atoms with Gasteiger partial charge < -0.3 is 14.5 Å². The lowest BCUT2D eigenvalue weighted by molar-refractivity contribution is -0.131. The molecule has 0 unspecified atom stereocenters. The Morgan fingerprint density at radius 1 is 1.22 bits per heavy atom. The number of aryl methyl sites for hydroxylation is 1. The van der Waals surface area contributed by atoms with Gasteiger partial charge in [-0.25, -0.2) is 9.97 Å². The highest BCUT2D eigenvalue weighted by molar-refractivity contribution is 5.82. The van der Waals surface area contributed by atoms with E-state index >= 15 is 0 Å². The Morgan fingerprint density at radius 3 is 2.78 bits per heavy atom. The minimum Gasteiger partial charge on any atom is -0.478 e. The van der Waals surface area contributed by atoms with E-state index in [4.69, 9.17) is 4.74 Å². The highest BCUT2D eigenvalue weighted by Gasteiger charge is 2.26. The van der Waals surface area contributed by atoms with Crippen molar-refractivity contribution in [3.8, 4) is 5.88 Å². The van der Waals surface area contributed by atoms with Gasteiger partial charge in [0.05, 0.1) is 13.7 Å². The lowest BCUT2D eigenvalue weighted by atomic mass is 10.1. The molecule has 1 saturated heterocycles. The van der Waals surface area contributed by atoms with E-state index in [9.17, 15) is 4.79 Å². The standard InChI is InChI=1S/C17H20N4O2/c1-13-4-3-5-14(10-13)11-20-8-9-21(12-15(20)22)16-17(23-2)19-7-6-18-16/h3-7,10H,8-9,11-12H2,1-2H3. The van der Waals surface area contributed by atoms with Gasteiger partial charge in [0.15, 0.2) is 5.82 Å². The van der Waals surface area contributed by atoms with Crippen LogP contribution < -0.4 is 9.64 Å². The van der Waals surface area contributed by atoms with E-state index in [-0.39, 0.29) is 5.91 Å². The molecule has 3 rings (SSSR count). The molecule has 0 N–H and O–H groups in total. The zero-order valence-corrected chi connectivity index (χ0v) is 13.4. The second kappa shape index (κ2) is 6.64. The van der Waals surface area contributed by atoms with Crippen LogP contribution in [0.2, 0.25) is 0 Å². The Labute approximate surface area is 135 Å².